The Hall–Kier alpha value is -1.31. The van der Waals surface area contributed by atoms with Crippen molar-refractivity contribution in [2.45, 2.75) is 45.2 Å². The van der Waals surface area contributed by atoms with E-state index in [-0.39, 0.29) is 24.3 Å². The van der Waals surface area contributed by atoms with Gasteiger partial charge in [0.15, 0.2) is 5.78 Å². The van der Waals surface area contributed by atoms with Crippen molar-refractivity contribution in [2.24, 2.45) is 0 Å². The molecule has 1 saturated heterocycles. The smallest absolute Gasteiger partial charge is 0.282 e. The molecular weight excluding hydrogens is 319 g/mol. The molecule has 0 bridgehead atoms. The molecule has 1 atom stereocenters. The predicted molar refractivity (Wildman–Crippen MR) is 86.9 cm³/mol. The summed E-state index contributed by atoms with van der Waals surface area (Å²) >= 11 is 0. The third kappa shape index (κ3) is 3.97. The second kappa shape index (κ2) is 7.07. The first-order valence-electron chi connectivity index (χ1n) is 7.77. The molecule has 1 aromatic rings. The van der Waals surface area contributed by atoms with E-state index in [0.717, 1.165) is 6.42 Å². The number of rotatable bonds is 6. The van der Waals surface area contributed by atoms with Gasteiger partial charge in [-0.1, -0.05) is 0 Å². The lowest BCUT2D eigenvalue weighted by atomic mass is 10.0. The average Bonchev–Trinajstić information content (AvgIpc) is 2.95. The van der Waals surface area contributed by atoms with Crippen LogP contribution in [0, 0.1) is 5.82 Å². The van der Waals surface area contributed by atoms with Crippen molar-refractivity contribution in [1.82, 2.24) is 8.61 Å². The first kappa shape index (κ1) is 18.0. The molecule has 0 spiro atoms. The highest BCUT2D eigenvalue weighted by Gasteiger charge is 2.38. The zero-order chi connectivity index (χ0) is 17.2. The molecule has 0 radical (unpaired) electrons. The lowest BCUT2D eigenvalue weighted by molar-refractivity contribution is 0.0960. The van der Waals surface area contributed by atoms with E-state index < -0.39 is 16.0 Å². The highest BCUT2D eigenvalue weighted by molar-refractivity contribution is 7.86. The largest absolute Gasteiger partial charge is 0.294 e. The van der Waals surface area contributed by atoms with Crippen LogP contribution in [0.25, 0.3) is 0 Å². The molecule has 0 unspecified atom stereocenters. The molecule has 0 aliphatic carbocycles. The van der Waals surface area contributed by atoms with E-state index in [1.807, 2.05) is 13.8 Å². The second-order valence-electron chi connectivity index (χ2n) is 6.16. The van der Waals surface area contributed by atoms with E-state index in [4.69, 9.17) is 0 Å². The Kier molecular flexibility index (Phi) is 5.54. The molecule has 0 aromatic heterocycles. The van der Waals surface area contributed by atoms with E-state index in [2.05, 4.69) is 0 Å². The first-order valence-corrected chi connectivity index (χ1v) is 9.16. The molecule has 5 nitrogen and oxygen atoms in total. The van der Waals surface area contributed by atoms with Gasteiger partial charge in [-0.25, -0.2) is 4.39 Å². The summed E-state index contributed by atoms with van der Waals surface area (Å²) < 4.78 is 41.0. The van der Waals surface area contributed by atoms with Crippen molar-refractivity contribution in [3.05, 3.63) is 35.6 Å². The van der Waals surface area contributed by atoms with Gasteiger partial charge >= 0.3 is 0 Å². The molecule has 1 fully saturated rings. The fourth-order valence-electron chi connectivity index (χ4n) is 2.72. The Bertz CT molecular complexity index is 658. The Morgan fingerprint density at radius 3 is 2.52 bits per heavy atom. The van der Waals surface area contributed by atoms with Crippen molar-refractivity contribution >= 4 is 16.0 Å². The van der Waals surface area contributed by atoms with Crippen molar-refractivity contribution in [3.8, 4) is 0 Å². The van der Waals surface area contributed by atoms with E-state index in [9.17, 15) is 17.6 Å². The normalized spacial score (nSPS) is 19.7. The minimum atomic E-state index is -3.57. The number of Topliss-reactive ketones (excluding diaryl/α,β-unsaturated/α-hetero) is 1. The Labute approximate surface area is 137 Å². The van der Waals surface area contributed by atoms with Crippen molar-refractivity contribution in [2.75, 3.05) is 13.6 Å². The number of nitrogens with zero attached hydrogens (tertiary/aromatic N) is 2. The van der Waals surface area contributed by atoms with Crippen LogP contribution in [-0.2, 0) is 10.2 Å². The summed E-state index contributed by atoms with van der Waals surface area (Å²) in [6.07, 6.45) is 1.53. The van der Waals surface area contributed by atoms with Gasteiger partial charge in [-0.3, -0.25) is 4.79 Å². The molecule has 2 rings (SSSR count). The van der Waals surface area contributed by atoms with Gasteiger partial charge < -0.3 is 0 Å². The van der Waals surface area contributed by atoms with Crippen LogP contribution in [0.2, 0.25) is 0 Å². The Morgan fingerprint density at radius 1 is 1.35 bits per heavy atom. The number of carbonyl (C=O) groups is 1. The van der Waals surface area contributed by atoms with Crippen LogP contribution in [0.3, 0.4) is 0 Å². The van der Waals surface area contributed by atoms with Gasteiger partial charge in [0.05, 0.1) is 0 Å². The maximum Gasteiger partial charge on any atom is 0.282 e. The number of hydrogen-bond donors (Lipinski definition) is 0. The molecule has 1 heterocycles. The van der Waals surface area contributed by atoms with Gasteiger partial charge in [-0.05, 0) is 51.0 Å². The molecule has 1 aromatic carbocycles. The summed E-state index contributed by atoms with van der Waals surface area (Å²) in [5.41, 5.74) is 0.410. The standard InChI is InChI=1S/C16H23FN2O3S/c1-12(2)18(3)23(21,22)19-10-4-5-15(19)11-16(20)13-6-8-14(17)9-7-13/h6-9,12,15H,4-5,10-11H2,1-3H3/t15-/m0/s1. The van der Waals surface area contributed by atoms with Gasteiger partial charge in [-0.2, -0.15) is 17.0 Å². The quantitative estimate of drug-likeness (QED) is 0.746. The topological polar surface area (TPSA) is 57.7 Å². The van der Waals surface area contributed by atoms with E-state index in [0.29, 0.717) is 18.5 Å². The van der Waals surface area contributed by atoms with Crippen LogP contribution in [-0.4, -0.2) is 48.5 Å². The van der Waals surface area contributed by atoms with Gasteiger partial charge in [0.25, 0.3) is 10.2 Å². The molecule has 7 heteroatoms. The molecule has 128 valence electrons. The highest BCUT2D eigenvalue weighted by atomic mass is 32.2. The first-order chi connectivity index (χ1) is 10.7. The van der Waals surface area contributed by atoms with Crippen LogP contribution < -0.4 is 0 Å². The predicted octanol–water partition coefficient (Wildman–Crippen LogP) is 2.45. The van der Waals surface area contributed by atoms with Crippen LogP contribution >= 0.6 is 0 Å². The number of benzene rings is 1. The molecule has 1 aliphatic rings. The third-order valence-corrected chi connectivity index (χ3v) is 6.52. The lowest BCUT2D eigenvalue weighted by Gasteiger charge is -2.30. The monoisotopic (exact) mass is 342 g/mol. The summed E-state index contributed by atoms with van der Waals surface area (Å²) in [6.45, 7) is 4.05. The average molecular weight is 342 g/mol. The second-order valence-corrected chi connectivity index (χ2v) is 8.10. The zero-order valence-electron chi connectivity index (χ0n) is 13.7. The zero-order valence-corrected chi connectivity index (χ0v) is 14.5. The molecule has 23 heavy (non-hydrogen) atoms. The summed E-state index contributed by atoms with van der Waals surface area (Å²) in [5, 5.41) is 0. The fourth-order valence-corrected chi connectivity index (χ4v) is 4.50. The van der Waals surface area contributed by atoms with Gasteiger partial charge in [0.1, 0.15) is 5.82 Å². The van der Waals surface area contributed by atoms with Gasteiger partial charge in [0.2, 0.25) is 0 Å². The van der Waals surface area contributed by atoms with Crippen LogP contribution in [0.15, 0.2) is 24.3 Å². The number of hydrogen-bond acceptors (Lipinski definition) is 3. The van der Waals surface area contributed by atoms with E-state index >= 15 is 0 Å². The Morgan fingerprint density at radius 2 is 1.96 bits per heavy atom. The van der Waals surface area contributed by atoms with E-state index in [1.165, 1.54) is 32.9 Å². The van der Waals surface area contributed by atoms with Crippen molar-refractivity contribution in [3.63, 3.8) is 0 Å². The highest BCUT2D eigenvalue weighted by Crippen LogP contribution is 2.27. The summed E-state index contributed by atoms with van der Waals surface area (Å²) in [7, 11) is -2.01. The van der Waals surface area contributed by atoms with Crippen LogP contribution in [0.5, 0.6) is 0 Å². The van der Waals surface area contributed by atoms with Crippen molar-refractivity contribution < 1.29 is 17.6 Å². The van der Waals surface area contributed by atoms with Gasteiger partial charge in [-0.15, -0.1) is 0 Å². The Balaban J connectivity index is 2.13. The molecule has 1 aliphatic heterocycles. The summed E-state index contributed by atoms with van der Waals surface area (Å²) in [6, 6.07) is 4.87. The third-order valence-electron chi connectivity index (χ3n) is 4.30. The fraction of sp³-hybridized carbons (Fsp3) is 0.562. The number of ketones is 1. The molecule has 0 N–H and O–H groups in total. The lowest BCUT2D eigenvalue weighted by Crippen LogP contribution is -2.47. The van der Waals surface area contributed by atoms with Crippen molar-refractivity contribution in [1.29, 1.82) is 0 Å². The van der Waals surface area contributed by atoms with Crippen LogP contribution in [0.4, 0.5) is 4.39 Å². The number of carbonyl (C=O) groups excluding carboxylic acids is 1. The molecular formula is C16H23FN2O3S. The SMILES string of the molecule is CC(C)N(C)S(=O)(=O)N1CCC[C@H]1CC(=O)c1ccc(F)cc1. The maximum absolute atomic E-state index is 12.9. The summed E-state index contributed by atoms with van der Waals surface area (Å²) in [4.78, 5) is 12.3. The molecule has 0 amide bonds. The summed E-state index contributed by atoms with van der Waals surface area (Å²) in [5.74, 6) is -0.561. The minimum absolute atomic E-state index is 0.122. The number of halogens is 1. The van der Waals surface area contributed by atoms with Gasteiger partial charge in [0, 0.05) is 37.7 Å². The van der Waals surface area contributed by atoms with E-state index in [1.54, 1.807) is 7.05 Å². The minimum Gasteiger partial charge on any atom is -0.294 e. The van der Waals surface area contributed by atoms with Crippen LogP contribution in [0.1, 0.15) is 43.5 Å². The maximum atomic E-state index is 12.9. The molecule has 0 saturated carbocycles.